The highest BCUT2D eigenvalue weighted by Gasteiger charge is 2.30. The molecule has 20 heavy (non-hydrogen) atoms. The first kappa shape index (κ1) is 13.9. The van der Waals surface area contributed by atoms with Gasteiger partial charge in [-0.15, -0.1) is 0 Å². The normalized spacial score (nSPS) is 27.9. The molecule has 3 rings (SSSR count). The molecule has 2 fully saturated rings. The minimum atomic E-state index is 0.433. The lowest BCUT2D eigenvalue weighted by Gasteiger charge is -2.36. The third-order valence-corrected chi connectivity index (χ3v) is 4.82. The molecule has 1 aliphatic heterocycles. The van der Waals surface area contributed by atoms with Crippen LogP contribution in [0.15, 0.2) is 30.3 Å². The van der Waals surface area contributed by atoms with Crippen LogP contribution in [0.3, 0.4) is 0 Å². The number of hydrogen-bond donors (Lipinski definition) is 1. The predicted octanol–water partition coefficient (Wildman–Crippen LogP) is 2.81. The maximum absolute atomic E-state index is 5.58. The number of para-hydroxylation sites is 1. The van der Waals surface area contributed by atoms with E-state index < -0.39 is 0 Å². The molecule has 0 amide bonds. The van der Waals surface area contributed by atoms with E-state index in [1.165, 1.54) is 37.8 Å². The molecule has 3 nitrogen and oxygen atoms in total. The summed E-state index contributed by atoms with van der Waals surface area (Å²) in [5.74, 6) is 0. The fourth-order valence-electron chi connectivity index (χ4n) is 3.64. The molecule has 1 aliphatic carbocycles. The summed E-state index contributed by atoms with van der Waals surface area (Å²) in [4.78, 5) is 2.50. The Balaban J connectivity index is 1.49. The molecule has 1 saturated carbocycles. The molecule has 0 spiro atoms. The molecule has 3 heteroatoms. The van der Waals surface area contributed by atoms with Crippen molar-refractivity contribution >= 4 is 5.69 Å². The fourth-order valence-corrected chi connectivity index (χ4v) is 3.64. The maximum Gasteiger partial charge on any atom is 0.0724 e. The Morgan fingerprint density at radius 1 is 1.05 bits per heavy atom. The van der Waals surface area contributed by atoms with Gasteiger partial charge in [0.1, 0.15) is 0 Å². The third kappa shape index (κ3) is 3.15. The van der Waals surface area contributed by atoms with Crippen LogP contribution in [-0.2, 0) is 4.74 Å². The van der Waals surface area contributed by atoms with E-state index in [0.29, 0.717) is 18.2 Å². The minimum absolute atomic E-state index is 0.433. The summed E-state index contributed by atoms with van der Waals surface area (Å²) < 4.78 is 5.58. The van der Waals surface area contributed by atoms with Gasteiger partial charge in [-0.2, -0.15) is 0 Å². The molecule has 0 bridgehead atoms. The van der Waals surface area contributed by atoms with Crippen LogP contribution >= 0.6 is 0 Å². The van der Waals surface area contributed by atoms with Gasteiger partial charge in [-0.3, -0.25) is 0 Å². The Morgan fingerprint density at radius 2 is 1.80 bits per heavy atom. The van der Waals surface area contributed by atoms with Crippen molar-refractivity contribution in [3.05, 3.63) is 30.3 Å². The lowest BCUT2D eigenvalue weighted by atomic mass is 10.0. The van der Waals surface area contributed by atoms with Gasteiger partial charge >= 0.3 is 0 Å². The van der Waals surface area contributed by atoms with Gasteiger partial charge in [0.2, 0.25) is 0 Å². The molecule has 2 atom stereocenters. The smallest absolute Gasteiger partial charge is 0.0724 e. The van der Waals surface area contributed by atoms with Crippen molar-refractivity contribution in [2.45, 2.75) is 50.3 Å². The van der Waals surface area contributed by atoms with Gasteiger partial charge in [-0.25, -0.2) is 0 Å². The first-order chi connectivity index (χ1) is 9.86. The van der Waals surface area contributed by atoms with Crippen molar-refractivity contribution in [1.29, 1.82) is 0 Å². The maximum atomic E-state index is 5.58. The van der Waals surface area contributed by atoms with Crippen LogP contribution in [0.1, 0.15) is 32.1 Å². The number of hydrogen-bond acceptors (Lipinski definition) is 3. The molecule has 0 radical (unpaired) electrons. The van der Waals surface area contributed by atoms with Crippen molar-refractivity contribution in [2.75, 3.05) is 25.1 Å². The number of rotatable bonds is 4. The van der Waals surface area contributed by atoms with E-state index in [1.807, 2.05) is 7.11 Å². The Kier molecular flexibility index (Phi) is 4.58. The van der Waals surface area contributed by atoms with Crippen molar-refractivity contribution in [2.24, 2.45) is 0 Å². The summed E-state index contributed by atoms with van der Waals surface area (Å²) in [6, 6.07) is 12.0. The van der Waals surface area contributed by atoms with E-state index in [0.717, 1.165) is 13.1 Å². The Hall–Kier alpha value is -1.06. The van der Waals surface area contributed by atoms with Crippen LogP contribution in [0.25, 0.3) is 0 Å². The van der Waals surface area contributed by atoms with Gasteiger partial charge in [0.05, 0.1) is 6.10 Å². The van der Waals surface area contributed by atoms with Crippen molar-refractivity contribution in [3.8, 4) is 0 Å². The number of nitrogens with zero attached hydrogens (tertiary/aromatic N) is 1. The lowest BCUT2D eigenvalue weighted by molar-refractivity contribution is 0.0799. The van der Waals surface area contributed by atoms with E-state index in [4.69, 9.17) is 4.74 Å². The number of methoxy groups -OCH3 is 1. The third-order valence-electron chi connectivity index (χ3n) is 4.82. The molecular weight excluding hydrogens is 248 g/mol. The average molecular weight is 274 g/mol. The standard InChI is InChI=1S/C17H26N2O/c1-20-17-9-5-8-16(17)18-14-10-12-19(13-11-14)15-6-3-2-4-7-15/h2-4,6-7,14,16-18H,5,8-13H2,1H3. The summed E-state index contributed by atoms with van der Waals surface area (Å²) in [6.07, 6.45) is 6.71. The SMILES string of the molecule is COC1CCCC1NC1CCN(c2ccccc2)CC1. The molecule has 1 aromatic carbocycles. The Morgan fingerprint density at radius 3 is 2.50 bits per heavy atom. The molecule has 1 heterocycles. The van der Waals surface area contributed by atoms with Gasteiger partial charge in [0, 0.05) is 38.0 Å². The fraction of sp³-hybridized carbons (Fsp3) is 0.647. The zero-order valence-corrected chi connectivity index (χ0v) is 12.4. The monoisotopic (exact) mass is 274 g/mol. The highest BCUT2D eigenvalue weighted by atomic mass is 16.5. The molecule has 0 aromatic heterocycles. The number of piperidine rings is 1. The second kappa shape index (κ2) is 6.59. The Bertz CT molecular complexity index is 401. The second-order valence-electron chi connectivity index (χ2n) is 6.08. The predicted molar refractivity (Wildman–Crippen MR) is 83.2 cm³/mol. The summed E-state index contributed by atoms with van der Waals surface area (Å²) in [6.45, 7) is 2.32. The van der Waals surface area contributed by atoms with E-state index >= 15 is 0 Å². The summed E-state index contributed by atoms with van der Waals surface area (Å²) in [5.41, 5.74) is 1.36. The summed E-state index contributed by atoms with van der Waals surface area (Å²) >= 11 is 0. The van der Waals surface area contributed by atoms with Gasteiger partial charge in [-0.1, -0.05) is 18.2 Å². The van der Waals surface area contributed by atoms with Crippen molar-refractivity contribution in [1.82, 2.24) is 5.32 Å². The molecule has 1 aromatic rings. The van der Waals surface area contributed by atoms with Crippen LogP contribution < -0.4 is 10.2 Å². The van der Waals surface area contributed by atoms with Crippen LogP contribution in [0.4, 0.5) is 5.69 Å². The Labute approximate surface area is 122 Å². The zero-order valence-electron chi connectivity index (χ0n) is 12.4. The zero-order chi connectivity index (χ0) is 13.8. The minimum Gasteiger partial charge on any atom is -0.380 e. The number of ether oxygens (including phenoxy) is 1. The lowest BCUT2D eigenvalue weighted by Crippen LogP contribution is -2.48. The van der Waals surface area contributed by atoms with Crippen LogP contribution in [0, 0.1) is 0 Å². The van der Waals surface area contributed by atoms with Gasteiger partial charge in [0.15, 0.2) is 0 Å². The second-order valence-corrected chi connectivity index (χ2v) is 6.08. The highest BCUT2D eigenvalue weighted by molar-refractivity contribution is 5.46. The van der Waals surface area contributed by atoms with Crippen LogP contribution in [-0.4, -0.2) is 38.4 Å². The first-order valence-electron chi connectivity index (χ1n) is 7.95. The largest absolute Gasteiger partial charge is 0.380 e. The van der Waals surface area contributed by atoms with Gasteiger partial charge < -0.3 is 15.0 Å². The molecular formula is C17H26N2O. The van der Waals surface area contributed by atoms with Crippen LogP contribution in [0.2, 0.25) is 0 Å². The molecule has 110 valence electrons. The summed E-state index contributed by atoms with van der Waals surface area (Å²) in [7, 11) is 1.85. The van der Waals surface area contributed by atoms with E-state index in [9.17, 15) is 0 Å². The van der Waals surface area contributed by atoms with Crippen molar-refractivity contribution in [3.63, 3.8) is 0 Å². The van der Waals surface area contributed by atoms with Gasteiger partial charge in [-0.05, 0) is 44.2 Å². The van der Waals surface area contributed by atoms with Crippen LogP contribution in [0.5, 0.6) is 0 Å². The summed E-state index contributed by atoms with van der Waals surface area (Å²) in [5, 5.41) is 3.84. The average Bonchev–Trinajstić information content (AvgIpc) is 2.96. The highest BCUT2D eigenvalue weighted by Crippen LogP contribution is 2.24. The topological polar surface area (TPSA) is 24.5 Å². The molecule has 2 unspecified atom stereocenters. The first-order valence-corrected chi connectivity index (χ1v) is 7.95. The number of anilines is 1. The number of nitrogens with one attached hydrogen (secondary N) is 1. The molecule has 1 N–H and O–H groups in total. The molecule has 2 aliphatic rings. The van der Waals surface area contributed by atoms with E-state index in [2.05, 4.69) is 40.5 Å². The van der Waals surface area contributed by atoms with Gasteiger partial charge in [0.25, 0.3) is 0 Å². The van der Waals surface area contributed by atoms with E-state index in [-0.39, 0.29) is 0 Å². The van der Waals surface area contributed by atoms with Crippen molar-refractivity contribution < 1.29 is 4.74 Å². The number of benzene rings is 1. The molecule has 1 saturated heterocycles. The quantitative estimate of drug-likeness (QED) is 0.913. The van der Waals surface area contributed by atoms with E-state index in [1.54, 1.807) is 0 Å².